The molecule has 35 heavy (non-hydrogen) atoms. The van der Waals surface area contributed by atoms with Crippen molar-refractivity contribution in [2.75, 3.05) is 0 Å². The number of aliphatic hydroxyl groups excluding tert-OH is 1. The first-order valence-corrected chi connectivity index (χ1v) is 14.3. The SMILES string of the molecule is C[C@H](CC(CC=O)C(=O)O)[C@H]1CC[C@H]2[C@@H]3CC[C@@H]4C[C@H](O)C(OC(C)(C)C)C[C@]4(C)[C@H]3CC[C@]12C. The van der Waals surface area contributed by atoms with Crippen molar-refractivity contribution in [2.24, 2.45) is 52.3 Å². The number of rotatable bonds is 7. The van der Waals surface area contributed by atoms with E-state index in [1.807, 2.05) is 0 Å². The van der Waals surface area contributed by atoms with E-state index in [1.165, 1.54) is 38.5 Å². The molecule has 5 nitrogen and oxygen atoms in total. The number of carboxylic acids is 1. The normalized spacial score (nSPS) is 45.1. The van der Waals surface area contributed by atoms with Crippen LogP contribution in [0.2, 0.25) is 0 Å². The highest BCUT2D eigenvalue weighted by Gasteiger charge is 2.61. The van der Waals surface area contributed by atoms with Crippen LogP contribution < -0.4 is 0 Å². The molecule has 5 heteroatoms. The lowest BCUT2D eigenvalue weighted by atomic mass is 9.44. The summed E-state index contributed by atoms with van der Waals surface area (Å²) in [6.45, 7) is 13.5. The quantitative estimate of drug-likeness (QED) is 0.420. The number of aliphatic hydroxyl groups is 1. The molecule has 4 rings (SSSR count). The molecule has 0 heterocycles. The van der Waals surface area contributed by atoms with Crippen molar-refractivity contribution in [3.8, 4) is 0 Å². The molecule has 2 unspecified atom stereocenters. The Morgan fingerprint density at radius 1 is 1.09 bits per heavy atom. The smallest absolute Gasteiger partial charge is 0.306 e. The van der Waals surface area contributed by atoms with Crippen molar-refractivity contribution < 1.29 is 24.5 Å². The Balaban J connectivity index is 1.51. The van der Waals surface area contributed by atoms with Crippen LogP contribution in [-0.4, -0.2) is 40.3 Å². The fourth-order valence-corrected chi connectivity index (χ4v) is 9.83. The van der Waals surface area contributed by atoms with Gasteiger partial charge in [0.05, 0.1) is 23.7 Å². The number of ether oxygens (including phenoxy) is 1. The summed E-state index contributed by atoms with van der Waals surface area (Å²) in [5.74, 6) is 2.18. The first-order valence-electron chi connectivity index (χ1n) is 14.3. The van der Waals surface area contributed by atoms with Crippen molar-refractivity contribution in [3.63, 3.8) is 0 Å². The molecule has 4 fully saturated rings. The van der Waals surface area contributed by atoms with Crippen molar-refractivity contribution in [2.45, 2.75) is 124 Å². The molecular weight excluding hydrogens is 440 g/mol. The summed E-state index contributed by atoms with van der Waals surface area (Å²) in [4.78, 5) is 22.8. The van der Waals surface area contributed by atoms with Gasteiger partial charge in [-0.1, -0.05) is 20.8 Å². The van der Waals surface area contributed by atoms with Crippen molar-refractivity contribution in [1.82, 2.24) is 0 Å². The predicted octanol–water partition coefficient (Wildman–Crippen LogP) is 6.12. The van der Waals surface area contributed by atoms with E-state index in [1.54, 1.807) is 0 Å². The maximum atomic E-state index is 11.7. The van der Waals surface area contributed by atoms with Crippen LogP contribution >= 0.6 is 0 Å². The number of carbonyl (C=O) groups excluding carboxylic acids is 1. The average Bonchev–Trinajstić information content (AvgIpc) is 3.10. The molecule has 0 aromatic heterocycles. The van der Waals surface area contributed by atoms with Gasteiger partial charge in [0.1, 0.15) is 6.29 Å². The largest absolute Gasteiger partial charge is 0.481 e. The molecule has 0 aliphatic heterocycles. The monoisotopic (exact) mass is 490 g/mol. The van der Waals surface area contributed by atoms with Crippen LogP contribution in [0.25, 0.3) is 0 Å². The summed E-state index contributed by atoms with van der Waals surface area (Å²) in [6, 6.07) is 0. The van der Waals surface area contributed by atoms with Crippen molar-refractivity contribution >= 4 is 12.3 Å². The summed E-state index contributed by atoms with van der Waals surface area (Å²) in [5, 5.41) is 20.5. The Bertz CT molecular complexity index is 788. The van der Waals surface area contributed by atoms with Crippen LogP contribution in [0.4, 0.5) is 0 Å². The minimum Gasteiger partial charge on any atom is -0.481 e. The van der Waals surface area contributed by atoms with Crippen molar-refractivity contribution in [1.29, 1.82) is 0 Å². The highest BCUT2D eigenvalue weighted by atomic mass is 16.5. The molecule has 4 saturated carbocycles. The van der Waals surface area contributed by atoms with Gasteiger partial charge < -0.3 is 19.7 Å². The van der Waals surface area contributed by atoms with E-state index in [0.717, 1.165) is 25.0 Å². The van der Waals surface area contributed by atoms with Crippen LogP contribution in [0, 0.1) is 52.3 Å². The van der Waals surface area contributed by atoms with E-state index in [4.69, 9.17) is 4.74 Å². The highest BCUT2D eigenvalue weighted by Crippen LogP contribution is 2.68. The first kappa shape index (κ1) is 27.1. The third kappa shape index (κ3) is 4.98. The number of fused-ring (bicyclic) bond motifs is 5. The Kier molecular flexibility index (Phi) is 7.54. The highest BCUT2D eigenvalue weighted by molar-refractivity contribution is 5.73. The summed E-state index contributed by atoms with van der Waals surface area (Å²) >= 11 is 0. The van der Waals surface area contributed by atoms with Gasteiger partial charge in [-0.05, 0) is 125 Å². The molecule has 0 aromatic rings. The molecule has 2 N–H and O–H groups in total. The third-order valence-electron chi connectivity index (χ3n) is 11.3. The minimum absolute atomic E-state index is 0.0783. The lowest BCUT2D eigenvalue weighted by Gasteiger charge is -2.62. The van der Waals surface area contributed by atoms with Crippen LogP contribution in [0.15, 0.2) is 0 Å². The zero-order chi connectivity index (χ0) is 25.8. The molecule has 200 valence electrons. The second-order valence-electron chi connectivity index (χ2n) is 14.3. The Morgan fingerprint density at radius 2 is 1.77 bits per heavy atom. The number of hydrogen-bond acceptors (Lipinski definition) is 4. The van der Waals surface area contributed by atoms with Gasteiger partial charge in [0, 0.05) is 6.42 Å². The summed E-state index contributed by atoms with van der Waals surface area (Å²) in [6.07, 6.45) is 10.3. The maximum Gasteiger partial charge on any atom is 0.306 e. The fraction of sp³-hybridized carbons (Fsp3) is 0.933. The van der Waals surface area contributed by atoms with Crippen LogP contribution in [-0.2, 0) is 14.3 Å². The van der Waals surface area contributed by atoms with Gasteiger partial charge >= 0.3 is 5.97 Å². The average molecular weight is 491 g/mol. The molecule has 4 aliphatic rings. The predicted molar refractivity (Wildman–Crippen MR) is 137 cm³/mol. The molecule has 0 radical (unpaired) electrons. The van der Waals surface area contributed by atoms with Gasteiger partial charge in [-0.25, -0.2) is 0 Å². The number of hydrogen-bond donors (Lipinski definition) is 2. The zero-order valence-corrected chi connectivity index (χ0v) is 23.0. The molecule has 11 atom stereocenters. The minimum atomic E-state index is -0.829. The van der Waals surface area contributed by atoms with Crippen molar-refractivity contribution in [3.05, 3.63) is 0 Å². The Morgan fingerprint density at radius 3 is 2.40 bits per heavy atom. The third-order valence-corrected chi connectivity index (χ3v) is 11.3. The second-order valence-corrected chi connectivity index (χ2v) is 14.3. The van der Waals surface area contributed by atoms with E-state index in [-0.39, 0.29) is 35.1 Å². The second kappa shape index (κ2) is 9.74. The van der Waals surface area contributed by atoms with E-state index in [0.29, 0.717) is 36.0 Å². The van der Waals surface area contributed by atoms with Gasteiger partial charge in [-0.2, -0.15) is 0 Å². The first-order chi connectivity index (χ1) is 16.3. The number of aldehydes is 1. The van der Waals surface area contributed by atoms with Crippen LogP contribution in [0.1, 0.15) is 106 Å². The fourth-order valence-electron chi connectivity index (χ4n) is 9.83. The van der Waals surface area contributed by atoms with Crippen LogP contribution in [0.5, 0.6) is 0 Å². The summed E-state index contributed by atoms with van der Waals surface area (Å²) < 4.78 is 6.39. The molecule has 0 bridgehead atoms. The Hall–Kier alpha value is -0.940. The number of aliphatic carboxylic acids is 1. The van der Waals surface area contributed by atoms with Gasteiger partial charge in [0.2, 0.25) is 0 Å². The zero-order valence-electron chi connectivity index (χ0n) is 23.0. The lowest BCUT2D eigenvalue weighted by molar-refractivity contribution is -0.196. The summed E-state index contributed by atoms with van der Waals surface area (Å²) in [7, 11) is 0. The number of carboxylic acid groups (broad SMARTS) is 1. The topological polar surface area (TPSA) is 83.8 Å². The molecule has 0 spiro atoms. The van der Waals surface area contributed by atoms with E-state index < -0.39 is 11.9 Å². The maximum absolute atomic E-state index is 11.7. The van der Waals surface area contributed by atoms with Crippen LogP contribution in [0.3, 0.4) is 0 Å². The summed E-state index contributed by atoms with van der Waals surface area (Å²) in [5.41, 5.74) is 0.242. The Labute approximate surface area is 212 Å². The molecule has 0 aromatic carbocycles. The van der Waals surface area contributed by atoms with E-state index in [2.05, 4.69) is 41.5 Å². The molecule has 4 aliphatic carbocycles. The molecule has 0 saturated heterocycles. The lowest BCUT2D eigenvalue weighted by Crippen LogP contribution is -2.57. The van der Waals surface area contributed by atoms with Gasteiger partial charge in [0.15, 0.2) is 0 Å². The molecular formula is C30H50O5. The van der Waals surface area contributed by atoms with Gasteiger partial charge in [-0.15, -0.1) is 0 Å². The van der Waals surface area contributed by atoms with Gasteiger partial charge in [-0.3, -0.25) is 4.79 Å². The standard InChI is InChI=1S/C30H50O5/c1-18(15-19(12-14-31)27(33)34)22-9-10-23-21-8-7-20-16-25(32)26(35-28(2,3)4)17-30(20,6)24(21)11-13-29(22,23)5/h14,18-26,32H,7-13,15-17H2,1-6H3,(H,33,34)/t18-,19?,20-,21+,22-,23+,24+,25+,26?,29-,30+/m1/s1. The van der Waals surface area contributed by atoms with Gasteiger partial charge in [0.25, 0.3) is 0 Å². The molecule has 0 amide bonds. The number of carbonyl (C=O) groups is 2. The van der Waals surface area contributed by atoms with E-state index in [9.17, 15) is 19.8 Å². The van der Waals surface area contributed by atoms with E-state index >= 15 is 0 Å².